The first-order valence-corrected chi connectivity index (χ1v) is 11.2. The van der Waals surface area contributed by atoms with Crippen molar-refractivity contribution in [3.05, 3.63) is 42.0 Å². The van der Waals surface area contributed by atoms with Crippen LogP contribution in [-0.2, 0) is 9.53 Å². The number of rotatable bonds is 9. The zero-order valence-corrected chi connectivity index (χ0v) is 20.5. The van der Waals surface area contributed by atoms with Crippen LogP contribution < -0.4 is 4.74 Å². The molecule has 2 aromatic carbocycles. The standard InChI is InChI=1S/C26H33F5O3/c1-7-24(5,6)14-21(23(2,3)4)19-9-8-18-13-20(11-10-17(18)12-19)33-15-22(32)34-16-25(27,28)26(29,30)31/h8-13,21H,7,14-16H2,1-6H3. The molecule has 190 valence electrons. The van der Waals surface area contributed by atoms with Crippen molar-refractivity contribution in [1.29, 1.82) is 0 Å². The second-order valence-electron chi connectivity index (χ2n) is 10.6. The van der Waals surface area contributed by atoms with E-state index in [0.717, 1.165) is 23.6 Å². The van der Waals surface area contributed by atoms with Crippen molar-refractivity contribution < 1.29 is 36.2 Å². The number of fused-ring (bicyclic) bond motifs is 1. The fourth-order valence-corrected chi connectivity index (χ4v) is 3.61. The third kappa shape index (κ3) is 7.31. The first-order valence-electron chi connectivity index (χ1n) is 11.2. The summed E-state index contributed by atoms with van der Waals surface area (Å²) in [7, 11) is 0. The second kappa shape index (κ2) is 10.1. The minimum Gasteiger partial charge on any atom is -0.482 e. The summed E-state index contributed by atoms with van der Waals surface area (Å²) in [4.78, 5) is 11.6. The monoisotopic (exact) mass is 488 g/mol. The van der Waals surface area contributed by atoms with E-state index in [4.69, 9.17) is 4.74 Å². The number of carbonyl (C=O) groups is 1. The Hall–Kier alpha value is -2.38. The van der Waals surface area contributed by atoms with Gasteiger partial charge in [0.1, 0.15) is 5.75 Å². The molecule has 0 saturated heterocycles. The molecule has 0 aliphatic heterocycles. The summed E-state index contributed by atoms with van der Waals surface area (Å²) < 4.78 is 71.4. The van der Waals surface area contributed by atoms with Gasteiger partial charge in [0.25, 0.3) is 0 Å². The molecule has 1 atom stereocenters. The Morgan fingerprint density at radius 3 is 2.06 bits per heavy atom. The van der Waals surface area contributed by atoms with Gasteiger partial charge in [0, 0.05) is 0 Å². The highest BCUT2D eigenvalue weighted by Crippen LogP contribution is 2.45. The normalized spacial score (nSPS) is 14.2. The molecule has 2 aromatic rings. The van der Waals surface area contributed by atoms with Gasteiger partial charge in [-0.25, -0.2) is 4.79 Å². The summed E-state index contributed by atoms with van der Waals surface area (Å²) in [6.45, 7) is 10.6. The van der Waals surface area contributed by atoms with Gasteiger partial charge in [-0.15, -0.1) is 0 Å². The molecule has 0 aliphatic rings. The quantitative estimate of drug-likeness (QED) is 0.266. The molecule has 8 heteroatoms. The molecule has 0 N–H and O–H groups in total. The first-order chi connectivity index (χ1) is 15.4. The van der Waals surface area contributed by atoms with Crippen molar-refractivity contribution in [2.24, 2.45) is 10.8 Å². The fourth-order valence-electron chi connectivity index (χ4n) is 3.61. The van der Waals surface area contributed by atoms with E-state index in [2.05, 4.69) is 58.4 Å². The molecule has 0 amide bonds. The topological polar surface area (TPSA) is 35.5 Å². The summed E-state index contributed by atoms with van der Waals surface area (Å²) in [5, 5.41) is 1.82. The van der Waals surface area contributed by atoms with Gasteiger partial charge < -0.3 is 9.47 Å². The van der Waals surface area contributed by atoms with E-state index < -0.39 is 31.3 Å². The van der Waals surface area contributed by atoms with Gasteiger partial charge in [-0.3, -0.25) is 0 Å². The Kier molecular flexibility index (Phi) is 8.26. The van der Waals surface area contributed by atoms with E-state index in [1.807, 2.05) is 12.1 Å². The van der Waals surface area contributed by atoms with Crippen LogP contribution in [0.25, 0.3) is 10.8 Å². The van der Waals surface area contributed by atoms with Crippen LogP contribution in [0.2, 0.25) is 0 Å². The Balaban J connectivity index is 2.11. The highest BCUT2D eigenvalue weighted by molar-refractivity contribution is 5.84. The van der Waals surface area contributed by atoms with Crippen LogP contribution >= 0.6 is 0 Å². The van der Waals surface area contributed by atoms with Crippen LogP contribution in [0.1, 0.15) is 65.9 Å². The number of carbonyl (C=O) groups excluding carboxylic acids is 1. The van der Waals surface area contributed by atoms with Gasteiger partial charge in [0.15, 0.2) is 13.2 Å². The maximum absolute atomic E-state index is 12.9. The average molecular weight is 489 g/mol. The highest BCUT2D eigenvalue weighted by Gasteiger charge is 2.58. The molecule has 34 heavy (non-hydrogen) atoms. The zero-order valence-electron chi connectivity index (χ0n) is 20.5. The SMILES string of the molecule is CCC(C)(C)CC(c1ccc2cc(OCC(=O)OCC(F)(F)C(F)(F)F)ccc2c1)C(C)(C)C. The molecule has 0 radical (unpaired) electrons. The van der Waals surface area contributed by atoms with Crippen LogP contribution in [0.3, 0.4) is 0 Å². The van der Waals surface area contributed by atoms with Crippen molar-refractivity contribution in [2.45, 2.75) is 72.4 Å². The Morgan fingerprint density at radius 2 is 1.50 bits per heavy atom. The number of benzene rings is 2. The average Bonchev–Trinajstić information content (AvgIpc) is 2.72. The lowest BCUT2D eigenvalue weighted by molar-refractivity contribution is -0.294. The maximum atomic E-state index is 12.9. The molecule has 0 bridgehead atoms. The minimum absolute atomic E-state index is 0.0620. The smallest absolute Gasteiger partial charge is 0.456 e. The Morgan fingerprint density at radius 1 is 0.912 bits per heavy atom. The summed E-state index contributed by atoms with van der Waals surface area (Å²) in [5.41, 5.74) is 1.49. The number of ether oxygens (including phenoxy) is 2. The van der Waals surface area contributed by atoms with E-state index in [1.165, 1.54) is 5.56 Å². The van der Waals surface area contributed by atoms with Crippen LogP contribution in [0.4, 0.5) is 22.0 Å². The third-order valence-electron chi connectivity index (χ3n) is 6.18. The van der Waals surface area contributed by atoms with Crippen molar-refractivity contribution >= 4 is 16.7 Å². The number of halogens is 5. The Labute approximate surface area is 197 Å². The van der Waals surface area contributed by atoms with Crippen LogP contribution in [0.5, 0.6) is 5.75 Å². The summed E-state index contributed by atoms with van der Waals surface area (Å²) in [6, 6.07) is 11.3. The summed E-state index contributed by atoms with van der Waals surface area (Å²) in [6.07, 6.45) is -3.68. The van der Waals surface area contributed by atoms with Gasteiger partial charge in [0.05, 0.1) is 0 Å². The van der Waals surface area contributed by atoms with Crippen molar-refractivity contribution in [3.8, 4) is 5.75 Å². The number of hydrogen-bond acceptors (Lipinski definition) is 3. The number of esters is 1. The molecule has 1 unspecified atom stereocenters. The van der Waals surface area contributed by atoms with Gasteiger partial charge in [-0.05, 0) is 51.6 Å². The lowest BCUT2D eigenvalue weighted by Gasteiger charge is -2.37. The van der Waals surface area contributed by atoms with Crippen molar-refractivity contribution in [2.75, 3.05) is 13.2 Å². The van der Waals surface area contributed by atoms with Crippen molar-refractivity contribution in [3.63, 3.8) is 0 Å². The highest BCUT2D eigenvalue weighted by atomic mass is 19.4. The minimum atomic E-state index is -5.79. The van der Waals surface area contributed by atoms with Gasteiger partial charge in [-0.2, -0.15) is 22.0 Å². The third-order valence-corrected chi connectivity index (χ3v) is 6.18. The largest absolute Gasteiger partial charge is 0.482 e. The summed E-state index contributed by atoms with van der Waals surface area (Å²) in [5.74, 6) is -5.81. The van der Waals surface area contributed by atoms with Crippen LogP contribution in [-0.4, -0.2) is 31.3 Å². The van der Waals surface area contributed by atoms with Crippen LogP contribution in [0.15, 0.2) is 36.4 Å². The maximum Gasteiger partial charge on any atom is 0.456 e. The first kappa shape index (κ1) is 27.9. The molecule has 0 aliphatic carbocycles. The van der Waals surface area contributed by atoms with Crippen LogP contribution in [0, 0.1) is 10.8 Å². The van der Waals surface area contributed by atoms with E-state index in [0.29, 0.717) is 5.92 Å². The Bertz CT molecular complexity index is 990. The van der Waals surface area contributed by atoms with Gasteiger partial charge in [0.2, 0.25) is 0 Å². The fraction of sp³-hybridized carbons (Fsp3) is 0.577. The van der Waals surface area contributed by atoms with E-state index in [1.54, 1.807) is 12.1 Å². The molecule has 2 rings (SSSR count). The van der Waals surface area contributed by atoms with E-state index >= 15 is 0 Å². The molecule has 3 nitrogen and oxygen atoms in total. The molecule has 0 fully saturated rings. The number of hydrogen-bond donors (Lipinski definition) is 0. The number of alkyl halides is 5. The molecule has 0 heterocycles. The van der Waals surface area contributed by atoms with E-state index in [9.17, 15) is 26.7 Å². The molecule has 0 saturated carbocycles. The van der Waals surface area contributed by atoms with Gasteiger partial charge in [-0.1, -0.05) is 72.2 Å². The lowest BCUT2D eigenvalue weighted by Crippen LogP contribution is -2.41. The van der Waals surface area contributed by atoms with Crippen molar-refractivity contribution in [1.82, 2.24) is 0 Å². The predicted octanol–water partition coefficient (Wildman–Crippen LogP) is 7.92. The van der Waals surface area contributed by atoms with Gasteiger partial charge >= 0.3 is 18.1 Å². The second-order valence-corrected chi connectivity index (χ2v) is 10.6. The van der Waals surface area contributed by atoms with E-state index in [-0.39, 0.29) is 16.6 Å². The molecular weight excluding hydrogens is 455 g/mol. The zero-order chi connectivity index (χ0) is 25.9. The molecular formula is C26H33F5O3. The molecule has 0 aromatic heterocycles. The predicted molar refractivity (Wildman–Crippen MR) is 122 cm³/mol. The summed E-state index contributed by atoms with van der Waals surface area (Å²) >= 11 is 0. The molecule has 0 spiro atoms. The lowest BCUT2D eigenvalue weighted by atomic mass is 9.68.